The number of halogens is 3. The van der Waals surface area contributed by atoms with Gasteiger partial charge in [-0.2, -0.15) is 5.10 Å². The first-order valence-electron chi connectivity index (χ1n) is 10.5. The first-order valence-corrected chi connectivity index (χ1v) is 10.9. The van der Waals surface area contributed by atoms with Gasteiger partial charge in [-0.25, -0.2) is 18.4 Å². The van der Waals surface area contributed by atoms with E-state index in [4.69, 9.17) is 11.6 Å². The van der Waals surface area contributed by atoms with E-state index in [1.165, 1.54) is 0 Å². The van der Waals surface area contributed by atoms with E-state index in [0.717, 1.165) is 16.7 Å². The van der Waals surface area contributed by atoms with Gasteiger partial charge in [-0.1, -0.05) is 103 Å². The Balaban J connectivity index is 2.02. The second-order valence-corrected chi connectivity index (χ2v) is 8.22. The molecule has 0 saturated heterocycles. The molecule has 0 bridgehead atoms. The van der Waals surface area contributed by atoms with E-state index in [1.54, 1.807) is 17.7 Å². The van der Waals surface area contributed by atoms with E-state index in [0.29, 0.717) is 16.6 Å². The standard InChI is InChI=1S/C27H20ClF2N3/c1-18-24-22(17-23(28)31-18)33(32-25(24)26(29)30)27(19-11-5-2-6-12-19,20-13-7-3-8-14-20)21-15-9-4-10-16-21/h2-17,26H,1H3. The molecule has 3 nitrogen and oxygen atoms in total. The zero-order valence-electron chi connectivity index (χ0n) is 17.8. The number of alkyl halides is 2. The maximum absolute atomic E-state index is 14.2. The summed E-state index contributed by atoms with van der Waals surface area (Å²) in [5, 5.41) is 5.11. The van der Waals surface area contributed by atoms with Crippen LogP contribution in [0.25, 0.3) is 10.9 Å². The maximum atomic E-state index is 14.2. The van der Waals surface area contributed by atoms with E-state index in [9.17, 15) is 8.78 Å². The lowest BCUT2D eigenvalue weighted by Gasteiger charge is -2.37. The fraction of sp³-hybridized carbons (Fsp3) is 0.111. The van der Waals surface area contributed by atoms with E-state index < -0.39 is 12.0 Å². The van der Waals surface area contributed by atoms with Crippen molar-refractivity contribution in [2.45, 2.75) is 18.9 Å². The smallest absolute Gasteiger partial charge is 0.245 e. The van der Waals surface area contributed by atoms with Gasteiger partial charge < -0.3 is 0 Å². The number of hydrogen-bond acceptors (Lipinski definition) is 2. The number of nitrogens with zero attached hydrogens (tertiary/aromatic N) is 3. The van der Waals surface area contributed by atoms with Crippen LogP contribution < -0.4 is 0 Å². The average molecular weight is 460 g/mol. The lowest BCUT2D eigenvalue weighted by molar-refractivity contribution is 0.146. The second-order valence-electron chi connectivity index (χ2n) is 7.83. The van der Waals surface area contributed by atoms with E-state index in [1.807, 2.05) is 91.0 Å². The predicted octanol–water partition coefficient (Wildman–Crippen LogP) is 7.17. The third kappa shape index (κ3) is 3.40. The van der Waals surface area contributed by atoms with Gasteiger partial charge in [-0.05, 0) is 23.6 Å². The third-order valence-corrected chi connectivity index (χ3v) is 6.13. The molecule has 0 atom stereocenters. The number of rotatable bonds is 5. The van der Waals surface area contributed by atoms with Crippen LogP contribution in [0.3, 0.4) is 0 Å². The lowest BCUT2D eigenvalue weighted by Crippen LogP contribution is -2.38. The molecule has 0 aliphatic rings. The topological polar surface area (TPSA) is 30.7 Å². The molecular weight excluding hydrogens is 440 g/mol. The third-order valence-electron chi connectivity index (χ3n) is 5.94. The summed E-state index contributed by atoms with van der Waals surface area (Å²) in [6.45, 7) is 1.68. The normalized spacial score (nSPS) is 11.9. The minimum atomic E-state index is -2.77. The Kier molecular flexibility index (Phi) is 5.43. The SMILES string of the molecule is Cc1nc(Cl)cc2c1c(C(F)F)nn2C(c1ccccc1)(c1ccccc1)c1ccccc1. The first-order chi connectivity index (χ1) is 16.0. The highest BCUT2D eigenvalue weighted by atomic mass is 35.5. The molecule has 0 fully saturated rings. The summed E-state index contributed by atoms with van der Waals surface area (Å²) < 4.78 is 30.2. The summed E-state index contributed by atoms with van der Waals surface area (Å²) in [5.41, 5.74) is 2.25. The van der Waals surface area contributed by atoms with Gasteiger partial charge in [0.05, 0.1) is 16.6 Å². The Morgan fingerprint density at radius 3 is 1.67 bits per heavy atom. The summed E-state index contributed by atoms with van der Waals surface area (Å²) in [6.07, 6.45) is -2.77. The molecule has 2 heterocycles. The van der Waals surface area contributed by atoms with Gasteiger partial charge in [0.25, 0.3) is 6.43 Å². The second kappa shape index (κ2) is 8.41. The zero-order chi connectivity index (χ0) is 23.0. The molecule has 0 saturated carbocycles. The van der Waals surface area contributed by atoms with Gasteiger partial charge in [-0.15, -0.1) is 0 Å². The van der Waals surface area contributed by atoms with Gasteiger partial charge in [0.2, 0.25) is 0 Å². The summed E-state index contributed by atoms with van der Waals surface area (Å²) in [4.78, 5) is 4.24. The number of aromatic nitrogens is 3. The van der Waals surface area contributed by atoms with Crippen LogP contribution in [-0.4, -0.2) is 14.8 Å². The van der Waals surface area contributed by atoms with Gasteiger partial charge in [0.15, 0.2) is 0 Å². The Morgan fingerprint density at radius 1 is 0.788 bits per heavy atom. The molecule has 5 rings (SSSR count). The lowest BCUT2D eigenvalue weighted by atomic mass is 9.77. The number of aryl methyl sites for hydroxylation is 1. The van der Waals surface area contributed by atoms with Crippen molar-refractivity contribution in [2.24, 2.45) is 0 Å². The molecule has 0 aliphatic carbocycles. The van der Waals surface area contributed by atoms with Gasteiger partial charge in [0, 0.05) is 6.07 Å². The van der Waals surface area contributed by atoms with Crippen molar-refractivity contribution in [3.8, 4) is 0 Å². The van der Waals surface area contributed by atoms with Crippen molar-refractivity contribution in [3.63, 3.8) is 0 Å². The molecule has 6 heteroatoms. The molecular formula is C27H20ClF2N3. The number of fused-ring (bicyclic) bond motifs is 1. The minimum Gasteiger partial charge on any atom is -0.245 e. The largest absolute Gasteiger partial charge is 0.282 e. The summed E-state index contributed by atoms with van der Waals surface area (Å²) in [7, 11) is 0. The fourth-order valence-corrected chi connectivity index (χ4v) is 4.86. The number of pyridine rings is 1. The van der Waals surface area contributed by atoms with Crippen molar-refractivity contribution in [2.75, 3.05) is 0 Å². The van der Waals surface area contributed by atoms with Crippen molar-refractivity contribution >= 4 is 22.5 Å². The predicted molar refractivity (Wildman–Crippen MR) is 127 cm³/mol. The monoisotopic (exact) mass is 459 g/mol. The van der Waals surface area contributed by atoms with E-state index in [-0.39, 0.29) is 10.8 Å². The van der Waals surface area contributed by atoms with Crippen LogP contribution in [0.1, 0.15) is 34.5 Å². The summed E-state index contributed by atoms with van der Waals surface area (Å²) in [5.74, 6) is 0. The first kappa shape index (κ1) is 21.3. The molecule has 0 amide bonds. The van der Waals surface area contributed by atoms with Crippen LogP contribution in [0.2, 0.25) is 5.15 Å². The van der Waals surface area contributed by atoms with Gasteiger partial charge in [0.1, 0.15) is 16.4 Å². The highest BCUT2D eigenvalue weighted by molar-refractivity contribution is 6.30. The Bertz CT molecular complexity index is 1300. The minimum absolute atomic E-state index is 0.227. The molecule has 164 valence electrons. The molecule has 5 aromatic rings. The van der Waals surface area contributed by atoms with Crippen LogP contribution in [-0.2, 0) is 5.54 Å². The van der Waals surface area contributed by atoms with E-state index >= 15 is 0 Å². The molecule has 0 aliphatic heterocycles. The molecule has 0 spiro atoms. The molecule has 2 aromatic heterocycles. The van der Waals surface area contributed by atoms with Crippen molar-refractivity contribution in [1.82, 2.24) is 14.8 Å². The Hall–Kier alpha value is -3.57. The quantitative estimate of drug-likeness (QED) is 0.206. The Labute approximate surface area is 195 Å². The number of hydrogen-bond donors (Lipinski definition) is 0. The molecule has 0 radical (unpaired) electrons. The maximum Gasteiger partial charge on any atom is 0.282 e. The van der Waals surface area contributed by atoms with Crippen molar-refractivity contribution in [3.05, 3.63) is 130 Å². The van der Waals surface area contributed by atoms with Crippen molar-refractivity contribution < 1.29 is 8.78 Å². The van der Waals surface area contributed by atoms with E-state index in [2.05, 4.69) is 10.1 Å². The van der Waals surface area contributed by atoms with Gasteiger partial charge >= 0.3 is 0 Å². The fourth-order valence-electron chi connectivity index (χ4n) is 4.63. The summed E-state index contributed by atoms with van der Waals surface area (Å²) >= 11 is 6.33. The van der Waals surface area contributed by atoms with Crippen LogP contribution in [0.15, 0.2) is 97.1 Å². The van der Waals surface area contributed by atoms with Crippen LogP contribution >= 0.6 is 11.6 Å². The molecule has 33 heavy (non-hydrogen) atoms. The Morgan fingerprint density at radius 2 is 1.24 bits per heavy atom. The average Bonchev–Trinajstić information content (AvgIpc) is 3.22. The number of benzene rings is 3. The van der Waals surface area contributed by atoms with Crippen molar-refractivity contribution in [1.29, 1.82) is 0 Å². The molecule has 0 N–H and O–H groups in total. The van der Waals surface area contributed by atoms with Crippen LogP contribution in [0.5, 0.6) is 0 Å². The van der Waals surface area contributed by atoms with Crippen LogP contribution in [0.4, 0.5) is 8.78 Å². The molecule has 0 unspecified atom stereocenters. The zero-order valence-corrected chi connectivity index (χ0v) is 18.5. The van der Waals surface area contributed by atoms with Gasteiger partial charge in [-0.3, -0.25) is 0 Å². The highest BCUT2D eigenvalue weighted by Gasteiger charge is 2.41. The summed E-state index contributed by atoms with van der Waals surface area (Å²) in [6, 6.07) is 31.0. The highest BCUT2D eigenvalue weighted by Crippen LogP contribution is 2.44. The molecule has 3 aromatic carbocycles. The van der Waals surface area contributed by atoms with Crippen LogP contribution in [0, 0.1) is 6.92 Å².